The number of hydrogen-bond donors (Lipinski definition) is 2. The third-order valence-corrected chi connectivity index (χ3v) is 4.48. The van der Waals surface area contributed by atoms with Crippen LogP contribution in [0.25, 0.3) is 0 Å². The van der Waals surface area contributed by atoms with Crippen LogP contribution in [0.3, 0.4) is 0 Å². The van der Waals surface area contributed by atoms with Gasteiger partial charge in [0.25, 0.3) is 0 Å². The van der Waals surface area contributed by atoms with Gasteiger partial charge in [0.15, 0.2) is 10.3 Å². The van der Waals surface area contributed by atoms with Crippen molar-refractivity contribution in [3.8, 4) is 0 Å². The van der Waals surface area contributed by atoms with Crippen LogP contribution in [-0.2, 0) is 0 Å². The Morgan fingerprint density at radius 1 is 1.33 bits per heavy atom. The molecule has 1 aliphatic carbocycles. The Balaban J connectivity index is 1.70. The van der Waals surface area contributed by atoms with Crippen molar-refractivity contribution in [3.63, 3.8) is 0 Å². The minimum absolute atomic E-state index is 0.368. The molecule has 2 N–H and O–H groups in total. The zero-order chi connectivity index (χ0) is 12.6. The number of nitrogens with zero attached hydrogens (tertiary/aromatic N) is 2. The van der Waals surface area contributed by atoms with E-state index in [0.717, 1.165) is 25.1 Å². The van der Waals surface area contributed by atoms with Gasteiger partial charge in [-0.2, -0.15) is 0 Å². The van der Waals surface area contributed by atoms with Crippen LogP contribution in [0.1, 0.15) is 32.1 Å². The van der Waals surface area contributed by atoms with Gasteiger partial charge in [0.1, 0.15) is 0 Å². The predicted molar refractivity (Wildman–Crippen MR) is 73.3 cm³/mol. The summed E-state index contributed by atoms with van der Waals surface area (Å²) in [6, 6.07) is 2.18. The first-order chi connectivity index (χ1) is 8.67. The molecule has 1 aliphatic heterocycles. The van der Waals surface area contributed by atoms with Crippen LogP contribution < -0.4 is 10.6 Å². The zero-order valence-electron chi connectivity index (χ0n) is 10.0. The molecule has 1 aromatic rings. The Kier molecular flexibility index (Phi) is 3.34. The molecule has 4 nitrogen and oxygen atoms in total. The Bertz CT molecular complexity index is 448. The van der Waals surface area contributed by atoms with Gasteiger partial charge in [-0.3, -0.25) is 0 Å². The van der Waals surface area contributed by atoms with E-state index in [1.165, 1.54) is 19.3 Å². The summed E-state index contributed by atoms with van der Waals surface area (Å²) in [6.07, 6.45) is 6.15. The zero-order valence-corrected chi connectivity index (χ0v) is 11.6. The lowest BCUT2D eigenvalue weighted by molar-refractivity contribution is 0.135. The summed E-state index contributed by atoms with van der Waals surface area (Å²) in [4.78, 5) is 0. The highest BCUT2D eigenvalue weighted by Gasteiger charge is 2.40. The number of aromatic nitrogens is 2. The lowest BCUT2D eigenvalue weighted by Crippen LogP contribution is -2.58. The van der Waals surface area contributed by atoms with Gasteiger partial charge in [-0.15, -0.1) is 10.2 Å². The van der Waals surface area contributed by atoms with E-state index in [4.69, 9.17) is 23.2 Å². The van der Waals surface area contributed by atoms with E-state index < -0.39 is 0 Å². The number of rotatable bonds is 2. The molecule has 2 aliphatic rings. The molecule has 0 aromatic carbocycles. The van der Waals surface area contributed by atoms with Crippen molar-refractivity contribution in [2.45, 2.75) is 43.7 Å². The van der Waals surface area contributed by atoms with E-state index in [9.17, 15) is 0 Å². The average Bonchev–Trinajstić information content (AvgIpc) is 2.32. The van der Waals surface area contributed by atoms with Crippen molar-refractivity contribution in [1.82, 2.24) is 15.5 Å². The Morgan fingerprint density at radius 2 is 2.17 bits per heavy atom. The highest BCUT2D eigenvalue weighted by molar-refractivity contribution is 6.33. The van der Waals surface area contributed by atoms with E-state index in [1.807, 2.05) is 0 Å². The van der Waals surface area contributed by atoms with Gasteiger partial charge in [-0.25, -0.2) is 0 Å². The van der Waals surface area contributed by atoms with Gasteiger partial charge in [0, 0.05) is 17.6 Å². The fourth-order valence-corrected chi connectivity index (χ4v) is 3.23. The second-order valence-electron chi connectivity index (χ2n) is 5.27. The lowest BCUT2D eigenvalue weighted by atomic mass is 9.70. The molecule has 0 radical (unpaired) electrons. The van der Waals surface area contributed by atoms with Gasteiger partial charge in [0.2, 0.25) is 0 Å². The molecule has 0 amide bonds. The summed E-state index contributed by atoms with van der Waals surface area (Å²) in [5.41, 5.74) is 1.16. The largest absolute Gasteiger partial charge is 0.380 e. The number of hydrogen-bond acceptors (Lipinski definition) is 4. The van der Waals surface area contributed by atoms with Crippen molar-refractivity contribution in [2.75, 3.05) is 11.9 Å². The standard InChI is InChI=1S/C12H16Cl2N4/c13-10-6-9(11(14)18-17-10)16-8-2-5-15-12(7-8)3-1-4-12/h6,8,15H,1-5,7H2,(H,16,17). The SMILES string of the molecule is Clc1cc(NC2CCNC3(CCC3)C2)c(Cl)nn1. The minimum atomic E-state index is 0.368. The highest BCUT2D eigenvalue weighted by atomic mass is 35.5. The minimum Gasteiger partial charge on any atom is -0.380 e. The molecular formula is C12H16Cl2N4. The van der Waals surface area contributed by atoms with E-state index in [2.05, 4.69) is 20.8 Å². The van der Waals surface area contributed by atoms with Crippen LogP contribution in [-0.4, -0.2) is 28.3 Å². The number of halogens is 2. The summed E-state index contributed by atoms with van der Waals surface area (Å²) in [7, 11) is 0. The van der Waals surface area contributed by atoms with E-state index in [1.54, 1.807) is 6.07 Å². The van der Waals surface area contributed by atoms with Gasteiger partial charge >= 0.3 is 0 Å². The van der Waals surface area contributed by atoms with Crippen molar-refractivity contribution in [2.24, 2.45) is 0 Å². The predicted octanol–water partition coefficient (Wildman–Crippen LogP) is 2.87. The third kappa shape index (κ3) is 2.42. The first-order valence-electron chi connectivity index (χ1n) is 6.37. The van der Waals surface area contributed by atoms with Crippen molar-refractivity contribution in [1.29, 1.82) is 0 Å². The molecule has 2 heterocycles. The van der Waals surface area contributed by atoms with Gasteiger partial charge in [-0.1, -0.05) is 23.2 Å². The molecule has 98 valence electrons. The summed E-state index contributed by atoms with van der Waals surface area (Å²) in [5, 5.41) is 15.4. The van der Waals surface area contributed by atoms with Crippen LogP contribution in [0.2, 0.25) is 10.3 Å². The maximum Gasteiger partial charge on any atom is 0.174 e. The molecule has 1 spiro atoms. The van der Waals surface area contributed by atoms with Crippen molar-refractivity contribution >= 4 is 28.9 Å². The summed E-state index contributed by atoms with van der Waals surface area (Å²) >= 11 is 11.9. The molecular weight excluding hydrogens is 271 g/mol. The van der Waals surface area contributed by atoms with E-state index in [0.29, 0.717) is 21.9 Å². The molecule has 1 atom stereocenters. The Morgan fingerprint density at radius 3 is 2.89 bits per heavy atom. The summed E-state index contributed by atoms with van der Waals surface area (Å²) < 4.78 is 0. The fraction of sp³-hybridized carbons (Fsp3) is 0.667. The van der Waals surface area contributed by atoms with Crippen LogP contribution in [0, 0.1) is 0 Å². The summed E-state index contributed by atoms with van der Waals surface area (Å²) in [5.74, 6) is 0. The van der Waals surface area contributed by atoms with Crippen molar-refractivity contribution in [3.05, 3.63) is 16.4 Å². The summed E-state index contributed by atoms with van der Waals surface area (Å²) in [6.45, 7) is 1.06. The van der Waals surface area contributed by atoms with Crippen LogP contribution in [0.5, 0.6) is 0 Å². The molecule has 3 rings (SSSR count). The smallest absolute Gasteiger partial charge is 0.174 e. The van der Waals surface area contributed by atoms with Gasteiger partial charge < -0.3 is 10.6 Å². The van der Waals surface area contributed by atoms with Crippen LogP contribution in [0.15, 0.2) is 6.07 Å². The first-order valence-corrected chi connectivity index (χ1v) is 7.13. The van der Waals surface area contributed by atoms with Gasteiger partial charge in [0.05, 0.1) is 5.69 Å². The average molecular weight is 287 g/mol. The number of piperidine rings is 1. The van der Waals surface area contributed by atoms with E-state index >= 15 is 0 Å². The first kappa shape index (κ1) is 12.5. The van der Waals surface area contributed by atoms with Crippen LogP contribution in [0.4, 0.5) is 5.69 Å². The van der Waals surface area contributed by atoms with Crippen molar-refractivity contribution < 1.29 is 0 Å². The molecule has 6 heteroatoms. The molecule has 2 fully saturated rings. The Labute approximate surface area is 116 Å². The maximum absolute atomic E-state index is 6.02. The maximum atomic E-state index is 6.02. The fourth-order valence-electron chi connectivity index (χ4n) is 2.94. The lowest BCUT2D eigenvalue weighted by Gasteiger charge is -2.48. The van der Waals surface area contributed by atoms with Crippen LogP contribution >= 0.6 is 23.2 Å². The number of anilines is 1. The quantitative estimate of drug-likeness (QED) is 0.878. The second kappa shape index (κ2) is 4.83. The molecule has 1 aromatic heterocycles. The molecule has 18 heavy (non-hydrogen) atoms. The highest BCUT2D eigenvalue weighted by Crippen LogP contribution is 2.39. The topological polar surface area (TPSA) is 49.8 Å². The monoisotopic (exact) mass is 286 g/mol. The normalized spacial score (nSPS) is 25.8. The van der Waals surface area contributed by atoms with E-state index in [-0.39, 0.29) is 0 Å². The molecule has 1 saturated carbocycles. The molecule has 1 saturated heterocycles. The number of nitrogens with one attached hydrogen (secondary N) is 2. The Hall–Kier alpha value is -0.580. The third-order valence-electron chi connectivity index (χ3n) is 4.02. The van der Waals surface area contributed by atoms with Gasteiger partial charge in [-0.05, 0) is 38.6 Å². The second-order valence-corrected chi connectivity index (χ2v) is 6.01. The molecule has 0 bridgehead atoms. The molecule has 1 unspecified atom stereocenters.